The third-order valence-corrected chi connectivity index (χ3v) is 4.76. The summed E-state index contributed by atoms with van der Waals surface area (Å²) in [5.41, 5.74) is 1.82. The van der Waals surface area contributed by atoms with Crippen LogP contribution in [-0.4, -0.2) is 30.1 Å². The molecule has 0 amide bonds. The second kappa shape index (κ2) is 6.92. The standard InChI is InChI=1S/C18H15N5OS/c24-16(13-7-3-1-4-8-13)17-21-19-12-23(17)11-15-20-22-18(25-15)14-9-5-2-6-10-14/h1-10,12,16,24H,11H2/t16-/m1/s1. The maximum absolute atomic E-state index is 10.6. The van der Waals surface area contributed by atoms with Gasteiger partial charge in [0.05, 0.1) is 6.54 Å². The van der Waals surface area contributed by atoms with Crippen molar-refractivity contribution in [3.63, 3.8) is 0 Å². The van der Waals surface area contributed by atoms with Gasteiger partial charge in [-0.2, -0.15) is 0 Å². The van der Waals surface area contributed by atoms with Gasteiger partial charge in [-0.25, -0.2) is 0 Å². The summed E-state index contributed by atoms with van der Waals surface area (Å²) in [5.74, 6) is 0.489. The minimum absolute atomic E-state index is 0.469. The number of rotatable bonds is 5. The number of aliphatic hydroxyl groups is 1. The molecule has 0 unspecified atom stereocenters. The first-order valence-corrected chi connectivity index (χ1v) is 8.61. The van der Waals surface area contributed by atoms with Crippen LogP contribution < -0.4 is 0 Å². The van der Waals surface area contributed by atoms with Gasteiger partial charge in [0.15, 0.2) is 5.82 Å². The van der Waals surface area contributed by atoms with E-state index in [2.05, 4.69) is 20.4 Å². The molecule has 124 valence electrons. The molecule has 0 saturated carbocycles. The quantitative estimate of drug-likeness (QED) is 0.599. The van der Waals surface area contributed by atoms with E-state index in [1.165, 1.54) is 11.3 Å². The highest BCUT2D eigenvalue weighted by Gasteiger charge is 2.18. The number of aromatic nitrogens is 5. The van der Waals surface area contributed by atoms with Crippen LogP contribution in [0.15, 0.2) is 67.0 Å². The summed E-state index contributed by atoms with van der Waals surface area (Å²) < 4.78 is 1.80. The molecule has 25 heavy (non-hydrogen) atoms. The Morgan fingerprint density at radius 1 is 0.920 bits per heavy atom. The molecular weight excluding hydrogens is 334 g/mol. The maximum Gasteiger partial charge on any atom is 0.166 e. The van der Waals surface area contributed by atoms with Crippen molar-refractivity contribution in [3.8, 4) is 10.6 Å². The first-order chi connectivity index (χ1) is 12.3. The van der Waals surface area contributed by atoms with E-state index < -0.39 is 6.10 Å². The molecule has 0 aliphatic heterocycles. The van der Waals surface area contributed by atoms with Crippen LogP contribution in [-0.2, 0) is 6.54 Å². The lowest BCUT2D eigenvalue weighted by Crippen LogP contribution is -2.10. The average molecular weight is 349 g/mol. The van der Waals surface area contributed by atoms with Crippen LogP contribution in [0.25, 0.3) is 10.6 Å². The molecule has 0 saturated heterocycles. The van der Waals surface area contributed by atoms with Crippen LogP contribution in [0.1, 0.15) is 22.5 Å². The van der Waals surface area contributed by atoms with Gasteiger partial charge in [0.2, 0.25) is 0 Å². The van der Waals surface area contributed by atoms with Crippen LogP contribution in [0.5, 0.6) is 0 Å². The summed E-state index contributed by atoms with van der Waals surface area (Å²) in [7, 11) is 0. The Kier molecular flexibility index (Phi) is 4.32. The molecule has 2 aromatic heterocycles. The maximum atomic E-state index is 10.6. The summed E-state index contributed by atoms with van der Waals surface area (Å²) in [6.45, 7) is 0.469. The number of nitrogens with zero attached hydrogens (tertiary/aromatic N) is 5. The fraction of sp³-hybridized carbons (Fsp3) is 0.111. The fourth-order valence-corrected chi connectivity index (χ4v) is 3.39. The molecule has 6 nitrogen and oxygen atoms in total. The van der Waals surface area contributed by atoms with Crippen molar-refractivity contribution in [1.29, 1.82) is 0 Å². The zero-order chi connectivity index (χ0) is 17.1. The van der Waals surface area contributed by atoms with Gasteiger partial charge in [-0.3, -0.25) is 0 Å². The van der Waals surface area contributed by atoms with E-state index in [1.807, 2.05) is 60.7 Å². The van der Waals surface area contributed by atoms with Crippen LogP contribution in [0.4, 0.5) is 0 Å². The largest absolute Gasteiger partial charge is 0.380 e. The molecule has 2 aromatic carbocycles. The van der Waals surface area contributed by atoms with Crippen LogP contribution in [0.3, 0.4) is 0 Å². The Balaban J connectivity index is 1.57. The van der Waals surface area contributed by atoms with Gasteiger partial charge in [-0.1, -0.05) is 72.0 Å². The van der Waals surface area contributed by atoms with Crippen molar-refractivity contribution < 1.29 is 5.11 Å². The smallest absolute Gasteiger partial charge is 0.166 e. The monoisotopic (exact) mass is 349 g/mol. The molecule has 0 aliphatic carbocycles. The van der Waals surface area contributed by atoms with Crippen molar-refractivity contribution in [2.24, 2.45) is 0 Å². The van der Waals surface area contributed by atoms with Crippen molar-refractivity contribution in [3.05, 3.63) is 83.4 Å². The molecule has 1 N–H and O–H groups in total. The van der Waals surface area contributed by atoms with Gasteiger partial charge in [0, 0.05) is 5.56 Å². The molecule has 4 rings (SSSR count). The van der Waals surface area contributed by atoms with Crippen molar-refractivity contribution >= 4 is 11.3 Å². The zero-order valence-corrected chi connectivity index (χ0v) is 14.0. The highest BCUT2D eigenvalue weighted by Crippen LogP contribution is 2.25. The third kappa shape index (κ3) is 3.33. The Labute approximate surface area is 148 Å². The van der Waals surface area contributed by atoms with E-state index in [-0.39, 0.29) is 0 Å². The van der Waals surface area contributed by atoms with Crippen molar-refractivity contribution in [1.82, 2.24) is 25.0 Å². The van der Waals surface area contributed by atoms with Crippen LogP contribution in [0, 0.1) is 0 Å². The second-order valence-corrected chi connectivity index (χ2v) is 6.56. The topological polar surface area (TPSA) is 76.7 Å². The molecular formula is C18H15N5OS. The fourth-order valence-electron chi connectivity index (χ4n) is 2.54. The van der Waals surface area contributed by atoms with E-state index in [9.17, 15) is 5.11 Å². The van der Waals surface area contributed by atoms with E-state index >= 15 is 0 Å². The van der Waals surface area contributed by atoms with Crippen molar-refractivity contribution in [2.75, 3.05) is 0 Å². The second-order valence-electron chi connectivity index (χ2n) is 5.50. The van der Waals surface area contributed by atoms with Crippen molar-refractivity contribution in [2.45, 2.75) is 12.6 Å². The molecule has 0 radical (unpaired) electrons. The summed E-state index contributed by atoms with van der Waals surface area (Å²) in [6, 6.07) is 19.3. The Morgan fingerprint density at radius 2 is 1.64 bits per heavy atom. The Morgan fingerprint density at radius 3 is 2.40 bits per heavy atom. The predicted octanol–water partition coefficient (Wildman–Crippen LogP) is 2.93. The number of aliphatic hydroxyl groups excluding tert-OH is 1. The molecule has 0 aliphatic rings. The number of benzene rings is 2. The predicted molar refractivity (Wildman–Crippen MR) is 95.0 cm³/mol. The van der Waals surface area contributed by atoms with Gasteiger partial charge < -0.3 is 9.67 Å². The molecule has 7 heteroatoms. The zero-order valence-electron chi connectivity index (χ0n) is 13.2. The molecule has 1 atom stereocenters. The molecule has 4 aromatic rings. The third-order valence-electron chi connectivity index (χ3n) is 3.80. The van der Waals surface area contributed by atoms with E-state index in [0.717, 1.165) is 21.1 Å². The molecule has 2 heterocycles. The Bertz CT molecular complexity index is 952. The Hall–Kier alpha value is -2.90. The highest BCUT2D eigenvalue weighted by molar-refractivity contribution is 7.14. The van der Waals surface area contributed by atoms with Gasteiger partial charge >= 0.3 is 0 Å². The van der Waals surface area contributed by atoms with Gasteiger partial charge in [-0.15, -0.1) is 20.4 Å². The van der Waals surface area contributed by atoms with Gasteiger partial charge in [-0.05, 0) is 5.56 Å². The number of hydrogen-bond donors (Lipinski definition) is 1. The normalized spacial score (nSPS) is 12.2. The SMILES string of the molecule is O[C@H](c1ccccc1)c1nncn1Cc1nnc(-c2ccccc2)s1. The van der Waals surface area contributed by atoms with Crippen LogP contribution >= 0.6 is 11.3 Å². The number of hydrogen-bond acceptors (Lipinski definition) is 6. The summed E-state index contributed by atoms with van der Waals surface area (Å²) in [4.78, 5) is 0. The lowest BCUT2D eigenvalue weighted by Gasteiger charge is -2.11. The summed E-state index contributed by atoms with van der Waals surface area (Å²) >= 11 is 1.52. The highest BCUT2D eigenvalue weighted by atomic mass is 32.1. The minimum Gasteiger partial charge on any atom is -0.380 e. The van der Waals surface area contributed by atoms with Gasteiger partial charge in [0.1, 0.15) is 22.4 Å². The molecule has 0 spiro atoms. The lowest BCUT2D eigenvalue weighted by molar-refractivity contribution is 0.204. The van der Waals surface area contributed by atoms with E-state index in [0.29, 0.717) is 12.4 Å². The van der Waals surface area contributed by atoms with E-state index in [1.54, 1.807) is 10.9 Å². The first kappa shape index (κ1) is 15.6. The molecule has 0 bridgehead atoms. The first-order valence-electron chi connectivity index (χ1n) is 7.80. The van der Waals surface area contributed by atoms with Crippen LogP contribution in [0.2, 0.25) is 0 Å². The van der Waals surface area contributed by atoms with E-state index in [4.69, 9.17) is 0 Å². The minimum atomic E-state index is -0.829. The average Bonchev–Trinajstić information content (AvgIpc) is 3.33. The lowest BCUT2D eigenvalue weighted by atomic mass is 10.1. The molecule has 0 fully saturated rings. The van der Waals surface area contributed by atoms with Gasteiger partial charge in [0.25, 0.3) is 0 Å². The summed E-state index contributed by atoms with van der Waals surface area (Å²) in [6.07, 6.45) is 0.774. The summed E-state index contributed by atoms with van der Waals surface area (Å²) in [5, 5.41) is 28.8.